The molecule has 0 fully saturated rings. The van der Waals surface area contributed by atoms with Gasteiger partial charge in [0.1, 0.15) is 0 Å². The third kappa shape index (κ3) is 13.0. The van der Waals surface area contributed by atoms with Crippen LogP contribution in [0.1, 0.15) is 78.1 Å². The molecule has 0 aliphatic heterocycles. The molecule has 0 saturated heterocycles. The number of hydrogen-bond acceptors (Lipinski definition) is 0. The average Bonchev–Trinajstić information content (AvgIpc) is 2.28. The predicted molar refractivity (Wildman–Crippen MR) is 73.0 cm³/mol. The Kier molecular flexibility index (Phi) is 14.8. The van der Waals surface area contributed by atoms with E-state index in [-0.39, 0.29) is 0 Å². The minimum absolute atomic E-state index is 1.35. The predicted octanol–water partition coefficient (Wildman–Crippen LogP) is 6.54. The third-order valence-corrected chi connectivity index (χ3v) is 11.6. The van der Waals surface area contributed by atoms with Gasteiger partial charge in [-0.1, -0.05) is 0 Å². The Labute approximate surface area is 112 Å². The van der Waals surface area contributed by atoms with Gasteiger partial charge in [0, 0.05) is 0 Å². The maximum absolute atomic E-state index is 6.51. The molecular formula is C14H30ClZn. The summed E-state index contributed by atoms with van der Waals surface area (Å²) in [6, 6.07) is 0. The van der Waals surface area contributed by atoms with Crippen molar-refractivity contribution in [2.24, 2.45) is 0 Å². The standard InChI is InChI=1S/2C7H15.ClH.Zn/c2*1-3-5-7-6-4-2;;/h2*1,3-7H2,2H3;1H;/q;;;+1/p-1. The van der Waals surface area contributed by atoms with Crippen LogP contribution in [-0.2, 0) is 15.0 Å². The van der Waals surface area contributed by atoms with Gasteiger partial charge in [0.2, 0.25) is 0 Å². The van der Waals surface area contributed by atoms with Crippen LogP contribution >= 0.6 is 9.69 Å². The fourth-order valence-corrected chi connectivity index (χ4v) is 8.75. The molecule has 0 aromatic carbocycles. The first kappa shape index (κ1) is 16.9. The third-order valence-electron chi connectivity index (χ3n) is 3.47. The Bertz CT molecular complexity index is 114. The fraction of sp³-hybridized carbons (Fsp3) is 1.00. The number of rotatable bonds is 12. The molecule has 0 aromatic heterocycles. The van der Waals surface area contributed by atoms with Crippen molar-refractivity contribution in [2.45, 2.75) is 88.1 Å². The SMILES string of the molecule is CCCCCC[CH2][Zn]([Cl])[CH2]CCCCCC. The first-order valence-corrected chi connectivity index (χ1v) is 15.8. The van der Waals surface area contributed by atoms with Gasteiger partial charge in [-0.25, -0.2) is 0 Å². The van der Waals surface area contributed by atoms with E-state index in [1.807, 2.05) is 0 Å². The Hall–Kier alpha value is 0.913. The normalized spacial score (nSPS) is 10.7. The molecule has 0 amide bonds. The van der Waals surface area contributed by atoms with E-state index in [9.17, 15) is 0 Å². The van der Waals surface area contributed by atoms with E-state index in [1.165, 1.54) is 74.2 Å². The van der Waals surface area contributed by atoms with Crippen LogP contribution in [0, 0.1) is 0 Å². The molecule has 0 aromatic rings. The van der Waals surface area contributed by atoms with Crippen molar-refractivity contribution in [1.29, 1.82) is 0 Å². The Morgan fingerprint density at radius 2 is 1.00 bits per heavy atom. The minimum atomic E-state index is -1.47. The van der Waals surface area contributed by atoms with Gasteiger partial charge in [-0.2, -0.15) is 0 Å². The molecule has 0 aliphatic carbocycles. The van der Waals surface area contributed by atoms with Gasteiger partial charge in [0.25, 0.3) is 0 Å². The molecule has 0 unspecified atom stereocenters. The molecule has 0 spiro atoms. The van der Waals surface area contributed by atoms with Gasteiger partial charge in [-0.3, -0.25) is 0 Å². The van der Waals surface area contributed by atoms with Crippen LogP contribution in [0.5, 0.6) is 0 Å². The van der Waals surface area contributed by atoms with Gasteiger partial charge in [0.05, 0.1) is 0 Å². The zero-order valence-electron chi connectivity index (χ0n) is 11.6. The summed E-state index contributed by atoms with van der Waals surface area (Å²) in [6.45, 7) is 4.56. The molecule has 16 heavy (non-hydrogen) atoms. The van der Waals surface area contributed by atoms with Crippen LogP contribution in [-0.4, -0.2) is 0 Å². The molecule has 95 valence electrons. The van der Waals surface area contributed by atoms with E-state index in [1.54, 1.807) is 0 Å². The van der Waals surface area contributed by atoms with E-state index < -0.39 is 15.0 Å². The molecule has 0 heterocycles. The molecule has 0 radical (unpaired) electrons. The van der Waals surface area contributed by atoms with Crippen molar-refractivity contribution in [3.05, 3.63) is 0 Å². The van der Waals surface area contributed by atoms with Crippen molar-refractivity contribution < 1.29 is 15.0 Å². The zero-order chi connectivity index (χ0) is 12.1. The second-order valence-corrected chi connectivity index (χ2v) is 15.2. The van der Waals surface area contributed by atoms with Gasteiger partial charge in [0.15, 0.2) is 0 Å². The molecule has 2 heteroatoms. The quantitative estimate of drug-likeness (QED) is 0.283. The van der Waals surface area contributed by atoms with Gasteiger partial charge >= 0.3 is 113 Å². The summed E-state index contributed by atoms with van der Waals surface area (Å²) < 4.78 is 0. The summed E-state index contributed by atoms with van der Waals surface area (Å²) in [5, 5.41) is 2.89. The topological polar surface area (TPSA) is 0 Å². The van der Waals surface area contributed by atoms with Crippen molar-refractivity contribution in [2.75, 3.05) is 0 Å². The summed E-state index contributed by atoms with van der Waals surface area (Å²) >= 11 is -1.47. The van der Waals surface area contributed by atoms with Crippen LogP contribution in [0.15, 0.2) is 0 Å². The van der Waals surface area contributed by atoms with E-state index in [2.05, 4.69) is 13.8 Å². The van der Waals surface area contributed by atoms with Crippen molar-refractivity contribution >= 4 is 9.69 Å². The second kappa shape index (κ2) is 14.0. The van der Waals surface area contributed by atoms with Gasteiger partial charge < -0.3 is 0 Å². The van der Waals surface area contributed by atoms with Gasteiger partial charge in [-0.15, -0.1) is 0 Å². The zero-order valence-corrected chi connectivity index (χ0v) is 15.3. The number of hydrogen-bond donors (Lipinski definition) is 0. The van der Waals surface area contributed by atoms with Crippen LogP contribution in [0.3, 0.4) is 0 Å². The summed E-state index contributed by atoms with van der Waals surface area (Å²) in [5.41, 5.74) is 0. The Morgan fingerprint density at radius 3 is 1.38 bits per heavy atom. The first-order chi connectivity index (χ1) is 7.81. The summed E-state index contributed by atoms with van der Waals surface area (Å²) in [6.07, 6.45) is 14.1. The van der Waals surface area contributed by atoms with Crippen LogP contribution in [0.25, 0.3) is 0 Å². The van der Waals surface area contributed by atoms with Crippen molar-refractivity contribution in [3.63, 3.8) is 0 Å². The molecule has 0 atom stereocenters. The van der Waals surface area contributed by atoms with Crippen LogP contribution < -0.4 is 0 Å². The molecule has 0 N–H and O–H groups in total. The summed E-state index contributed by atoms with van der Waals surface area (Å²) in [7, 11) is 6.51. The average molecular weight is 299 g/mol. The fourth-order valence-electron chi connectivity index (χ4n) is 2.28. The molecule has 0 bridgehead atoms. The molecular weight excluding hydrogens is 269 g/mol. The summed E-state index contributed by atoms with van der Waals surface area (Å²) in [4.78, 5) is 0. The van der Waals surface area contributed by atoms with Gasteiger partial charge in [-0.05, 0) is 0 Å². The van der Waals surface area contributed by atoms with E-state index in [4.69, 9.17) is 9.69 Å². The molecule has 0 saturated carbocycles. The monoisotopic (exact) mass is 297 g/mol. The van der Waals surface area contributed by atoms with Crippen LogP contribution in [0.4, 0.5) is 0 Å². The summed E-state index contributed by atoms with van der Waals surface area (Å²) in [5.74, 6) is 0. The van der Waals surface area contributed by atoms with E-state index >= 15 is 0 Å². The maximum atomic E-state index is 6.51. The number of halogens is 1. The molecule has 0 rings (SSSR count). The number of unbranched alkanes of at least 4 members (excludes halogenated alkanes) is 8. The molecule has 0 nitrogen and oxygen atoms in total. The first-order valence-electron chi connectivity index (χ1n) is 7.68. The Balaban J connectivity index is 3.09. The molecule has 0 aliphatic rings. The van der Waals surface area contributed by atoms with E-state index in [0.717, 1.165) is 0 Å². The Morgan fingerprint density at radius 1 is 0.625 bits per heavy atom. The van der Waals surface area contributed by atoms with Crippen LogP contribution in [0.2, 0.25) is 10.0 Å². The van der Waals surface area contributed by atoms with Crippen molar-refractivity contribution in [3.8, 4) is 0 Å². The van der Waals surface area contributed by atoms with E-state index in [0.29, 0.717) is 0 Å². The van der Waals surface area contributed by atoms with Crippen molar-refractivity contribution in [1.82, 2.24) is 0 Å². The second-order valence-electron chi connectivity index (χ2n) is 5.27.